The Morgan fingerprint density at radius 3 is 3.00 bits per heavy atom. The van der Waals surface area contributed by atoms with Gasteiger partial charge in [0.1, 0.15) is 5.82 Å². The third kappa shape index (κ3) is 4.18. The Bertz CT molecular complexity index is 438. The molecule has 4 heteroatoms. The molecule has 0 saturated carbocycles. The van der Waals surface area contributed by atoms with E-state index >= 15 is 0 Å². The van der Waals surface area contributed by atoms with E-state index in [2.05, 4.69) is 19.2 Å². The molecule has 0 aliphatic carbocycles. The quantitative estimate of drug-likeness (QED) is 0.880. The molecule has 1 fully saturated rings. The Kier molecular flexibility index (Phi) is 5.82. The number of halogens is 2. The van der Waals surface area contributed by atoms with Crippen LogP contribution in [0.4, 0.5) is 4.39 Å². The normalized spacial score (nSPS) is 23.2. The van der Waals surface area contributed by atoms with Crippen LogP contribution < -0.4 is 5.32 Å². The molecule has 2 nitrogen and oxygen atoms in total. The maximum atomic E-state index is 14.0. The van der Waals surface area contributed by atoms with Gasteiger partial charge in [-0.15, -0.1) is 0 Å². The molecular formula is C16H23ClFNO. The monoisotopic (exact) mass is 299 g/mol. The summed E-state index contributed by atoms with van der Waals surface area (Å²) in [5, 5.41) is 4.01. The summed E-state index contributed by atoms with van der Waals surface area (Å²) in [6.07, 6.45) is 1.90. The molecule has 2 atom stereocenters. The van der Waals surface area contributed by atoms with E-state index in [4.69, 9.17) is 16.3 Å². The molecule has 1 aliphatic rings. The highest BCUT2D eigenvalue weighted by Crippen LogP contribution is 2.35. The molecule has 112 valence electrons. The molecule has 2 rings (SSSR count). The van der Waals surface area contributed by atoms with Crippen LogP contribution >= 0.6 is 11.6 Å². The van der Waals surface area contributed by atoms with Gasteiger partial charge in [0.2, 0.25) is 0 Å². The average Bonchev–Trinajstić information content (AvgIpc) is 2.42. The predicted molar refractivity (Wildman–Crippen MR) is 80.5 cm³/mol. The highest BCUT2D eigenvalue weighted by molar-refractivity contribution is 6.30. The fourth-order valence-electron chi connectivity index (χ4n) is 2.69. The Morgan fingerprint density at radius 1 is 1.45 bits per heavy atom. The van der Waals surface area contributed by atoms with Crippen LogP contribution in [-0.2, 0) is 4.74 Å². The molecule has 1 heterocycles. The molecule has 0 radical (unpaired) electrons. The van der Waals surface area contributed by atoms with Gasteiger partial charge in [0.15, 0.2) is 0 Å². The Balaban J connectivity index is 2.07. The standard InChI is InChI=1S/C16H23ClFNO/c1-11(2)9-19-10-12-4-3-7-20-16(12)14-8-13(17)5-6-15(14)18/h5-6,8,11-12,16,19H,3-4,7,9-10H2,1-2H3. The second-order valence-electron chi connectivity index (χ2n) is 5.91. The summed E-state index contributed by atoms with van der Waals surface area (Å²) in [5.74, 6) is 0.687. The highest BCUT2D eigenvalue weighted by atomic mass is 35.5. The summed E-state index contributed by atoms with van der Waals surface area (Å²) in [7, 11) is 0. The van der Waals surface area contributed by atoms with Gasteiger partial charge in [-0.3, -0.25) is 0 Å². The minimum atomic E-state index is -0.227. The number of ether oxygens (including phenoxy) is 1. The fraction of sp³-hybridized carbons (Fsp3) is 0.625. The first-order valence-corrected chi connectivity index (χ1v) is 7.73. The first-order valence-electron chi connectivity index (χ1n) is 7.35. The minimum absolute atomic E-state index is 0.192. The molecule has 2 unspecified atom stereocenters. The van der Waals surface area contributed by atoms with Gasteiger partial charge in [0.05, 0.1) is 6.10 Å². The zero-order valence-electron chi connectivity index (χ0n) is 12.2. The number of rotatable bonds is 5. The molecule has 1 aromatic rings. The molecule has 0 aromatic heterocycles. The van der Waals surface area contributed by atoms with Gasteiger partial charge in [-0.25, -0.2) is 4.39 Å². The molecule has 1 aliphatic heterocycles. The summed E-state index contributed by atoms with van der Waals surface area (Å²) in [4.78, 5) is 0. The summed E-state index contributed by atoms with van der Waals surface area (Å²) in [5.41, 5.74) is 0.591. The van der Waals surface area contributed by atoms with Crippen molar-refractivity contribution in [3.8, 4) is 0 Å². The first kappa shape index (κ1) is 15.7. The van der Waals surface area contributed by atoms with Crippen LogP contribution in [0, 0.1) is 17.7 Å². The van der Waals surface area contributed by atoms with Gasteiger partial charge in [-0.05, 0) is 43.5 Å². The van der Waals surface area contributed by atoms with Crippen molar-refractivity contribution in [2.75, 3.05) is 19.7 Å². The van der Waals surface area contributed by atoms with E-state index in [9.17, 15) is 4.39 Å². The van der Waals surface area contributed by atoms with Gasteiger partial charge in [0.25, 0.3) is 0 Å². The molecular weight excluding hydrogens is 277 g/mol. The number of nitrogens with one attached hydrogen (secondary N) is 1. The fourth-order valence-corrected chi connectivity index (χ4v) is 2.87. The maximum absolute atomic E-state index is 14.0. The van der Waals surface area contributed by atoms with Crippen molar-refractivity contribution in [2.24, 2.45) is 11.8 Å². The van der Waals surface area contributed by atoms with Crippen molar-refractivity contribution in [2.45, 2.75) is 32.8 Å². The lowest BCUT2D eigenvalue weighted by molar-refractivity contribution is -0.0297. The Morgan fingerprint density at radius 2 is 2.25 bits per heavy atom. The molecule has 1 saturated heterocycles. The van der Waals surface area contributed by atoms with E-state index in [0.717, 1.165) is 25.9 Å². The van der Waals surface area contributed by atoms with Crippen LogP contribution in [0.2, 0.25) is 5.02 Å². The highest BCUT2D eigenvalue weighted by Gasteiger charge is 2.29. The SMILES string of the molecule is CC(C)CNCC1CCCOC1c1cc(Cl)ccc1F. The zero-order chi connectivity index (χ0) is 14.5. The summed E-state index contributed by atoms with van der Waals surface area (Å²) in [6.45, 7) is 6.88. The molecule has 0 amide bonds. The number of hydrogen-bond acceptors (Lipinski definition) is 2. The van der Waals surface area contributed by atoms with Crippen molar-refractivity contribution < 1.29 is 9.13 Å². The summed E-state index contributed by atoms with van der Waals surface area (Å²) in [6, 6.07) is 4.70. The van der Waals surface area contributed by atoms with Crippen LogP contribution in [0.3, 0.4) is 0 Å². The summed E-state index contributed by atoms with van der Waals surface area (Å²) < 4.78 is 19.9. The van der Waals surface area contributed by atoms with Crippen LogP contribution in [0.1, 0.15) is 38.4 Å². The van der Waals surface area contributed by atoms with E-state index < -0.39 is 0 Å². The van der Waals surface area contributed by atoms with E-state index in [1.807, 2.05) is 0 Å². The van der Waals surface area contributed by atoms with Crippen LogP contribution in [-0.4, -0.2) is 19.7 Å². The lowest BCUT2D eigenvalue weighted by Gasteiger charge is -2.32. The van der Waals surface area contributed by atoms with E-state index in [1.54, 1.807) is 12.1 Å². The largest absolute Gasteiger partial charge is 0.373 e. The van der Waals surface area contributed by atoms with E-state index in [0.29, 0.717) is 29.0 Å². The topological polar surface area (TPSA) is 21.3 Å². The van der Waals surface area contributed by atoms with Crippen molar-refractivity contribution in [1.82, 2.24) is 5.32 Å². The Hall–Kier alpha value is -0.640. The van der Waals surface area contributed by atoms with Gasteiger partial charge < -0.3 is 10.1 Å². The van der Waals surface area contributed by atoms with Gasteiger partial charge in [-0.1, -0.05) is 25.4 Å². The van der Waals surface area contributed by atoms with Crippen LogP contribution in [0.25, 0.3) is 0 Å². The zero-order valence-corrected chi connectivity index (χ0v) is 12.9. The molecule has 20 heavy (non-hydrogen) atoms. The second-order valence-corrected chi connectivity index (χ2v) is 6.35. The smallest absolute Gasteiger partial charge is 0.129 e. The van der Waals surface area contributed by atoms with Gasteiger partial charge >= 0.3 is 0 Å². The lowest BCUT2D eigenvalue weighted by atomic mass is 9.89. The number of benzene rings is 1. The van der Waals surface area contributed by atoms with Crippen LogP contribution in [0.15, 0.2) is 18.2 Å². The van der Waals surface area contributed by atoms with E-state index in [-0.39, 0.29) is 11.9 Å². The minimum Gasteiger partial charge on any atom is -0.373 e. The van der Waals surface area contributed by atoms with Crippen molar-refractivity contribution in [3.05, 3.63) is 34.6 Å². The lowest BCUT2D eigenvalue weighted by Crippen LogP contribution is -2.33. The first-order chi connectivity index (χ1) is 9.58. The second kappa shape index (κ2) is 7.39. The third-order valence-electron chi connectivity index (χ3n) is 3.67. The average molecular weight is 300 g/mol. The molecule has 0 spiro atoms. The van der Waals surface area contributed by atoms with Crippen LogP contribution in [0.5, 0.6) is 0 Å². The third-order valence-corrected chi connectivity index (χ3v) is 3.90. The Labute approximate surface area is 125 Å². The molecule has 1 N–H and O–H groups in total. The predicted octanol–water partition coefficient (Wildman–Crippen LogP) is 4.19. The molecule has 1 aromatic carbocycles. The maximum Gasteiger partial charge on any atom is 0.129 e. The van der Waals surface area contributed by atoms with Crippen molar-refractivity contribution >= 4 is 11.6 Å². The van der Waals surface area contributed by atoms with Gasteiger partial charge in [0, 0.05) is 29.7 Å². The van der Waals surface area contributed by atoms with Crippen molar-refractivity contribution in [3.63, 3.8) is 0 Å². The van der Waals surface area contributed by atoms with Crippen molar-refractivity contribution in [1.29, 1.82) is 0 Å². The number of hydrogen-bond donors (Lipinski definition) is 1. The molecule has 0 bridgehead atoms. The van der Waals surface area contributed by atoms with E-state index in [1.165, 1.54) is 6.07 Å². The summed E-state index contributed by atoms with van der Waals surface area (Å²) >= 11 is 5.99. The van der Waals surface area contributed by atoms with Gasteiger partial charge in [-0.2, -0.15) is 0 Å².